The number of hydrogen-bond acceptors (Lipinski definition) is 2. The molecule has 0 amide bonds. The Morgan fingerprint density at radius 2 is 2.38 bits per heavy atom. The van der Waals surface area contributed by atoms with E-state index in [0.29, 0.717) is 18.3 Å². The molecule has 2 aliphatic rings. The van der Waals surface area contributed by atoms with Gasteiger partial charge in [0.1, 0.15) is 5.78 Å². The number of carbonyl (C=O) groups excluding carboxylic acids is 1. The maximum atomic E-state index is 11.0. The van der Waals surface area contributed by atoms with Gasteiger partial charge < -0.3 is 4.74 Å². The van der Waals surface area contributed by atoms with Gasteiger partial charge in [0.15, 0.2) is 0 Å². The first-order valence-electron chi connectivity index (χ1n) is 5.16. The lowest BCUT2D eigenvalue weighted by Crippen LogP contribution is -2.10. The van der Waals surface area contributed by atoms with Gasteiger partial charge in [-0.05, 0) is 25.7 Å². The van der Waals surface area contributed by atoms with Crippen LogP contribution in [-0.2, 0) is 9.53 Å². The van der Waals surface area contributed by atoms with Crippen molar-refractivity contribution in [3.63, 3.8) is 0 Å². The average molecular weight is 180 g/mol. The molecule has 0 spiro atoms. The Balaban J connectivity index is 1.83. The highest BCUT2D eigenvalue weighted by atomic mass is 16.5. The molecule has 1 heterocycles. The normalized spacial score (nSPS) is 29.1. The molecule has 13 heavy (non-hydrogen) atoms. The molecule has 1 atom stereocenters. The average Bonchev–Trinajstić information content (AvgIpc) is 2.62. The molecule has 1 fully saturated rings. The lowest BCUT2D eigenvalue weighted by Gasteiger charge is -2.15. The fraction of sp³-hybridized carbons (Fsp3) is 0.727. The second kappa shape index (κ2) is 4.05. The second-order valence-electron chi connectivity index (χ2n) is 3.94. The summed E-state index contributed by atoms with van der Waals surface area (Å²) in [6, 6.07) is 0. The Kier molecular flexibility index (Phi) is 2.79. The van der Waals surface area contributed by atoms with E-state index in [1.807, 2.05) is 0 Å². The Morgan fingerprint density at radius 1 is 1.46 bits per heavy atom. The predicted octanol–water partition coefficient (Wildman–Crippen LogP) is 2.23. The van der Waals surface area contributed by atoms with E-state index >= 15 is 0 Å². The monoisotopic (exact) mass is 180 g/mol. The molecular weight excluding hydrogens is 164 g/mol. The number of ketones is 1. The number of hydrogen-bond donors (Lipinski definition) is 0. The smallest absolute Gasteiger partial charge is 0.136 e. The van der Waals surface area contributed by atoms with Gasteiger partial charge in [0.2, 0.25) is 0 Å². The summed E-state index contributed by atoms with van der Waals surface area (Å²) in [5.41, 5.74) is 1.44. The van der Waals surface area contributed by atoms with Gasteiger partial charge in [-0.1, -0.05) is 11.6 Å². The topological polar surface area (TPSA) is 26.3 Å². The maximum absolute atomic E-state index is 11.0. The molecule has 2 heteroatoms. The minimum absolute atomic E-state index is 0.385. The van der Waals surface area contributed by atoms with Crippen molar-refractivity contribution in [1.29, 1.82) is 0 Å². The van der Waals surface area contributed by atoms with E-state index in [1.165, 1.54) is 18.4 Å². The lowest BCUT2D eigenvalue weighted by molar-refractivity contribution is -0.118. The molecule has 1 unspecified atom stereocenters. The van der Waals surface area contributed by atoms with Crippen LogP contribution in [0.2, 0.25) is 0 Å². The zero-order valence-electron chi connectivity index (χ0n) is 7.92. The van der Waals surface area contributed by atoms with Crippen LogP contribution in [0, 0.1) is 0 Å². The largest absolute Gasteiger partial charge is 0.378 e. The van der Waals surface area contributed by atoms with Crippen molar-refractivity contribution in [3.05, 3.63) is 11.6 Å². The van der Waals surface area contributed by atoms with Crippen LogP contribution in [0.15, 0.2) is 11.6 Å². The van der Waals surface area contributed by atoms with Crippen LogP contribution in [0.5, 0.6) is 0 Å². The van der Waals surface area contributed by atoms with Crippen LogP contribution in [0.4, 0.5) is 0 Å². The van der Waals surface area contributed by atoms with Crippen molar-refractivity contribution in [2.45, 2.75) is 44.6 Å². The highest BCUT2D eigenvalue weighted by Crippen LogP contribution is 2.25. The number of Topliss-reactive ketones (excluding diaryl/α,β-unsaturated/α-hetero) is 1. The molecule has 72 valence electrons. The van der Waals surface area contributed by atoms with Gasteiger partial charge in [0.25, 0.3) is 0 Å². The van der Waals surface area contributed by atoms with Gasteiger partial charge in [-0.15, -0.1) is 0 Å². The van der Waals surface area contributed by atoms with E-state index in [4.69, 9.17) is 4.74 Å². The number of allylic oxidation sites excluding steroid dienone is 1. The Labute approximate surface area is 79.0 Å². The number of rotatable bonds is 2. The fourth-order valence-corrected chi connectivity index (χ4v) is 2.05. The fourth-order valence-electron chi connectivity index (χ4n) is 2.05. The summed E-state index contributed by atoms with van der Waals surface area (Å²) in [7, 11) is 0. The number of carbonyl (C=O) groups is 1. The van der Waals surface area contributed by atoms with E-state index < -0.39 is 0 Å². The molecule has 2 nitrogen and oxygen atoms in total. The van der Waals surface area contributed by atoms with Crippen molar-refractivity contribution in [2.75, 3.05) is 6.61 Å². The molecule has 0 radical (unpaired) electrons. The maximum Gasteiger partial charge on any atom is 0.136 e. The highest BCUT2D eigenvalue weighted by molar-refractivity contribution is 5.81. The first-order valence-corrected chi connectivity index (χ1v) is 5.16. The van der Waals surface area contributed by atoms with Crippen LogP contribution in [-0.4, -0.2) is 18.5 Å². The van der Waals surface area contributed by atoms with Crippen molar-refractivity contribution < 1.29 is 9.53 Å². The summed E-state index contributed by atoms with van der Waals surface area (Å²) in [6.45, 7) is 0.927. The Hall–Kier alpha value is -0.630. The molecule has 0 aromatic heterocycles. The second-order valence-corrected chi connectivity index (χ2v) is 3.94. The van der Waals surface area contributed by atoms with Crippen LogP contribution in [0.1, 0.15) is 38.5 Å². The summed E-state index contributed by atoms with van der Waals surface area (Å²) in [6.07, 6.45) is 8.39. The van der Waals surface area contributed by atoms with Gasteiger partial charge in [-0.3, -0.25) is 4.79 Å². The molecular formula is C11H16O2. The summed E-state index contributed by atoms with van der Waals surface area (Å²) in [5.74, 6) is 0.385. The molecule has 2 rings (SSSR count). The van der Waals surface area contributed by atoms with Crippen molar-refractivity contribution in [1.82, 2.24) is 0 Å². The third-order valence-electron chi connectivity index (χ3n) is 2.86. The van der Waals surface area contributed by atoms with Crippen LogP contribution in [0.3, 0.4) is 0 Å². The zero-order chi connectivity index (χ0) is 9.10. The van der Waals surface area contributed by atoms with Gasteiger partial charge in [-0.2, -0.15) is 0 Å². The molecule has 1 aliphatic carbocycles. The van der Waals surface area contributed by atoms with Gasteiger partial charge in [0, 0.05) is 19.4 Å². The minimum Gasteiger partial charge on any atom is -0.378 e. The van der Waals surface area contributed by atoms with Crippen molar-refractivity contribution in [3.8, 4) is 0 Å². The highest BCUT2D eigenvalue weighted by Gasteiger charge is 2.19. The molecule has 0 saturated carbocycles. The third kappa shape index (κ3) is 2.41. The standard InChI is InChI=1S/C11H16O2/c12-10-5-3-9(4-6-10)8-11-2-1-7-13-11/h3,11H,1-2,4-8H2. The Bertz CT molecular complexity index is 224. The Morgan fingerprint density at radius 3 is 3.00 bits per heavy atom. The first kappa shape index (κ1) is 8.95. The quantitative estimate of drug-likeness (QED) is 0.609. The van der Waals surface area contributed by atoms with Crippen LogP contribution >= 0.6 is 0 Å². The lowest BCUT2D eigenvalue weighted by atomic mass is 9.94. The van der Waals surface area contributed by atoms with E-state index in [-0.39, 0.29) is 0 Å². The zero-order valence-corrected chi connectivity index (χ0v) is 7.92. The first-order chi connectivity index (χ1) is 6.34. The molecule has 1 saturated heterocycles. The van der Waals surface area contributed by atoms with Crippen LogP contribution in [0.25, 0.3) is 0 Å². The predicted molar refractivity (Wildman–Crippen MR) is 50.5 cm³/mol. The molecule has 0 bridgehead atoms. The summed E-state index contributed by atoms with van der Waals surface area (Å²) in [4.78, 5) is 11.0. The van der Waals surface area contributed by atoms with Gasteiger partial charge >= 0.3 is 0 Å². The van der Waals surface area contributed by atoms with Crippen LogP contribution < -0.4 is 0 Å². The molecule has 0 N–H and O–H groups in total. The molecule has 0 aromatic carbocycles. The summed E-state index contributed by atoms with van der Waals surface area (Å²) >= 11 is 0. The minimum atomic E-state index is 0.385. The van der Waals surface area contributed by atoms with Gasteiger partial charge in [0.05, 0.1) is 6.10 Å². The number of ether oxygens (including phenoxy) is 1. The van der Waals surface area contributed by atoms with E-state index in [9.17, 15) is 4.79 Å². The SMILES string of the molecule is O=C1CC=C(CC2CCCO2)CC1. The third-order valence-corrected chi connectivity index (χ3v) is 2.86. The van der Waals surface area contributed by atoms with Crippen molar-refractivity contribution in [2.24, 2.45) is 0 Å². The summed E-state index contributed by atoms with van der Waals surface area (Å²) in [5, 5.41) is 0. The van der Waals surface area contributed by atoms with E-state index in [0.717, 1.165) is 25.9 Å². The van der Waals surface area contributed by atoms with E-state index in [1.54, 1.807) is 0 Å². The summed E-state index contributed by atoms with van der Waals surface area (Å²) < 4.78 is 5.56. The molecule has 1 aliphatic heterocycles. The van der Waals surface area contributed by atoms with E-state index in [2.05, 4.69) is 6.08 Å². The van der Waals surface area contributed by atoms with Crippen molar-refractivity contribution >= 4 is 5.78 Å². The molecule has 0 aromatic rings. The van der Waals surface area contributed by atoms with Gasteiger partial charge in [-0.25, -0.2) is 0 Å².